The monoisotopic (exact) mass is 335 g/mol. The summed E-state index contributed by atoms with van der Waals surface area (Å²) in [6.45, 7) is 2.11. The molecule has 6 heteroatoms. The minimum atomic E-state index is -0.515. The van der Waals surface area contributed by atoms with Crippen molar-refractivity contribution in [3.63, 3.8) is 0 Å². The van der Waals surface area contributed by atoms with Gasteiger partial charge in [-0.15, -0.1) is 0 Å². The summed E-state index contributed by atoms with van der Waals surface area (Å²) in [6.07, 6.45) is 3.37. The van der Waals surface area contributed by atoms with Gasteiger partial charge in [-0.3, -0.25) is 4.79 Å². The van der Waals surface area contributed by atoms with Crippen molar-refractivity contribution in [2.24, 2.45) is 0 Å². The number of nitrogen functional groups attached to an aromatic ring is 1. The average molecular weight is 336 g/mol. The Morgan fingerprint density at radius 2 is 2.09 bits per heavy atom. The Balaban J connectivity index is 2.26. The van der Waals surface area contributed by atoms with Crippen molar-refractivity contribution in [2.75, 3.05) is 12.8 Å². The fourth-order valence-corrected chi connectivity index (χ4v) is 2.72. The Morgan fingerprint density at radius 3 is 2.70 bits per heavy atom. The zero-order chi connectivity index (χ0) is 16.8. The molecule has 0 radical (unpaired) electrons. The maximum Gasteiger partial charge on any atom is 0.315 e. The molecule has 0 aliphatic heterocycles. The van der Waals surface area contributed by atoms with Crippen LogP contribution in [0.15, 0.2) is 24.3 Å². The number of unbranched alkanes of at least 4 members (excludes halogenated alkanes) is 1. The molecule has 1 aromatic heterocycles. The van der Waals surface area contributed by atoms with Gasteiger partial charge in [-0.1, -0.05) is 37.1 Å². The molecular weight excluding hydrogens is 314 g/mol. The standard InChI is InChI=1S/C17H22ClN3O2/c1-3-4-5-14-20-15(16(18)21-14)13(17(22)23-2)10-11-6-8-12(19)9-7-11/h6-9,13H,3-5,10,19H2,1-2H3,(H,20,21). The molecule has 1 atom stereocenters. The quantitative estimate of drug-likeness (QED) is 0.599. The lowest BCUT2D eigenvalue weighted by atomic mass is 9.96. The second-order valence-electron chi connectivity index (χ2n) is 5.51. The van der Waals surface area contributed by atoms with Crippen LogP contribution in [0.25, 0.3) is 0 Å². The highest BCUT2D eigenvalue weighted by molar-refractivity contribution is 6.30. The van der Waals surface area contributed by atoms with E-state index < -0.39 is 5.92 Å². The number of methoxy groups -OCH3 is 1. The smallest absolute Gasteiger partial charge is 0.315 e. The number of nitrogens with one attached hydrogen (secondary N) is 1. The molecule has 0 saturated carbocycles. The predicted octanol–water partition coefficient (Wildman–Crippen LogP) is 3.49. The summed E-state index contributed by atoms with van der Waals surface area (Å²) in [5.74, 6) is -0.0496. The number of H-pyrrole nitrogens is 1. The molecule has 0 saturated heterocycles. The number of carbonyl (C=O) groups is 1. The minimum absolute atomic E-state index is 0.335. The fourth-order valence-electron chi connectivity index (χ4n) is 2.44. The van der Waals surface area contributed by atoms with Crippen molar-refractivity contribution < 1.29 is 9.53 Å². The maximum atomic E-state index is 12.2. The number of aromatic amines is 1. The van der Waals surface area contributed by atoms with E-state index in [2.05, 4.69) is 16.9 Å². The van der Waals surface area contributed by atoms with Gasteiger partial charge in [-0.25, -0.2) is 4.98 Å². The molecule has 0 fully saturated rings. The molecule has 1 aromatic carbocycles. The summed E-state index contributed by atoms with van der Waals surface area (Å²) in [6, 6.07) is 7.41. The number of carbonyl (C=O) groups excluding carboxylic acids is 1. The summed E-state index contributed by atoms with van der Waals surface area (Å²) in [5, 5.41) is 0.335. The first kappa shape index (κ1) is 17.3. The van der Waals surface area contributed by atoms with Crippen molar-refractivity contribution in [1.82, 2.24) is 9.97 Å². The molecule has 0 amide bonds. The van der Waals surface area contributed by atoms with Crippen molar-refractivity contribution in [2.45, 2.75) is 38.5 Å². The minimum Gasteiger partial charge on any atom is -0.468 e. The van der Waals surface area contributed by atoms with Crippen LogP contribution in [-0.2, 0) is 22.4 Å². The molecule has 0 bridgehead atoms. The van der Waals surface area contributed by atoms with Gasteiger partial charge in [0.25, 0.3) is 0 Å². The van der Waals surface area contributed by atoms with E-state index in [0.29, 0.717) is 23.0 Å². The molecule has 23 heavy (non-hydrogen) atoms. The first-order chi connectivity index (χ1) is 11.0. The van der Waals surface area contributed by atoms with E-state index in [1.807, 2.05) is 24.3 Å². The molecule has 1 unspecified atom stereocenters. The van der Waals surface area contributed by atoms with Gasteiger partial charge in [0.05, 0.1) is 12.8 Å². The van der Waals surface area contributed by atoms with Gasteiger partial charge in [0.15, 0.2) is 5.15 Å². The number of rotatable bonds is 7. The molecule has 0 aliphatic rings. The first-order valence-electron chi connectivity index (χ1n) is 7.71. The third-order valence-corrected chi connectivity index (χ3v) is 4.04. The summed E-state index contributed by atoms with van der Waals surface area (Å²) < 4.78 is 4.94. The Morgan fingerprint density at radius 1 is 1.39 bits per heavy atom. The second kappa shape index (κ2) is 8.02. The van der Waals surface area contributed by atoms with Crippen LogP contribution < -0.4 is 5.73 Å². The highest BCUT2D eigenvalue weighted by Gasteiger charge is 2.27. The molecule has 1 heterocycles. The number of benzene rings is 1. The Labute approximate surface area is 141 Å². The van der Waals surface area contributed by atoms with E-state index >= 15 is 0 Å². The third-order valence-electron chi connectivity index (χ3n) is 3.76. The van der Waals surface area contributed by atoms with Crippen LogP contribution in [0.5, 0.6) is 0 Å². The molecule has 5 nitrogen and oxygen atoms in total. The number of halogens is 1. The van der Waals surface area contributed by atoms with Crippen molar-refractivity contribution >= 4 is 23.3 Å². The van der Waals surface area contributed by atoms with Crippen LogP contribution in [0.4, 0.5) is 5.69 Å². The fraction of sp³-hybridized carbons (Fsp3) is 0.412. The van der Waals surface area contributed by atoms with Crippen LogP contribution >= 0.6 is 11.6 Å². The average Bonchev–Trinajstić information content (AvgIpc) is 2.92. The molecular formula is C17H22ClN3O2. The normalized spacial score (nSPS) is 12.1. The van der Waals surface area contributed by atoms with Gasteiger partial charge in [0, 0.05) is 12.1 Å². The van der Waals surface area contributed by atoms with Gasteiger partial charge in [-0.05, 0) is 30.5 Å². The van der Waals surface area contributed by atoms with Gasteiger partial charge < -0.3 is 15.5 Å². The van der Waals surface area contributed by atoms with E-state index in [0.717, 1.165) is 30.7 Å². The molecule has 0 spiro atoms. The number of imidazole rings is 1. The van der Waals surface area contributed by atoms with E-state index in [1.54, 1.807) is 0 Å². The van der Waals surface area contributed by atoms with Gasteiger partial charge in [0.1, 0.15) is 11.7 Å². The highest BCUT2D eigenvalue weighted by Crippen LogP contribution is 2.27. The lowest BCUT2D eigenvalue weighted by molar-refractivity contribution is -0.142. The van der Waals surface area contributed by atoms with E-state index in [4.69, 9.17) is 22.1 Å². The van der Waals surface area contributed by atoms with Crippen molar-refractivity contribution in [1.29, 1.82) is 0 Å². The third kappa shape index (κ3) is 4.48. The Hall–Kier alpha value is -2.01. The molecule has 2 rings (SSSR count). The van der Waals surface area contributed by atoms with Gasteiger partial charge in [0.2, 0.25) is 0 Å². The highest BCUT2D eigenvalue weighted by atomic mass is 35.5. The number of esters is 1. The van der Waals surface area contributed by atoms with Crippen LogP contribution in [0.2, 0.25) is 5.15 Å². The lowest BCUT2D eigenvalue weighted by Crippen LogP contribution is -2.17. The Bertz CT molecular complexity index is 652. The van der Waals surface area contributed by atoms with Gasteiger partial charge >= 0.3 is 5.97 Å². The predicted molar refractivity (Wildman–Crippen MR) is 91.5 cm³/mol. The second-order valence-corrected chi connectivity index (χ2v) is 5.87. The van der Waals surface area contributed by atoms with Gasteiger partial charge in [-0.2, -0.15) is 0 Å². The van der Waals surface area contributed by atoms with Crippen LogP contribution in [-0.4, -0.2) is 23.0 Å². The number of anilines is 1. The number of hydrogen-bond acceptors (Lipinski definition) is 4. The molecule has 0 aliphatic carbocycles. The molecule has 2 aromatic rings. The van der Waals surface area contributed by atoms with E-state index in [1.165, 1.54) is 7.11 Å². The number of aromatic nitrogens is 2. The maximum absolute atomic E-state index is 12.2. The number of aryl methyl sites for hydroxylation is 1. The van der Waals surface area contributed by atoms with Crippen LogP contribution in [0.1, 0.15) is 42.8 Å². The zero-order valence-electron chi connectivity index (χ0n) is 13.4. The topological polar surface area (TPSA) is 81.0 Å². The summed E-state index contributed by atoms with van der Waals surface area (Å²) in [7, 11) is 1.38. The largest absolute Gasteiger partial charge is 0.468 e. The number of nitrogens with two attached hydrogens (primary N) is 1. The van der Waals surface area contributed by atoms with E-state index in [-0.39, 0.29) is 5.97 Å². The summed E-state index contributed by atoms with van der Waals surface area (Å²) in [4.78, 5) is 19.7. The zero-order valence-corrected chi connectivity index (χ0v) is 14.2. The molecule has 3 N–H and O–H groups in total. The summed E-state index contributed by atoms with van der Waals surface area (Å²) >= 11 is 6.24. The van der Waals surface area contributed by atoms with E-state index in [9.17, 15) is 4.79 Å². The molecule has 124 valence electrons. The van der Waals surface area contributed by atoms with Crippen molar-refractivity contribution in [3.8, 4) is 0 Å². The number of hydrogen-bond donors (Lipinski definition) is 2. The SMILES string of the molecule is CCCCc1nc(Cl)c(C(Cc2ccc(N)cc2)C(=O)OC)[nH]1. The van der Waals surface area contributed by atoms with Crippen molar-refractivity contribution in [3.05, 3.63) is 46.5 Å². The number of ether oxygens (including phenoxy) is 1. The number of nitrogens with zero attached hydrogens (tertiary/aromatic N) is 1. The van der Waals surface area contributed by atoms with Crippen LogP contribution in [0, 0.1) is 0 Å². The summed E-state index contributed by atoms with van der Waals surface area (Å²) in [5.41, 5.74) is 7.98. The van der Waals surface area contributed by atoms with Crippen LogP contribution in [0.3, 0.4) is 0 Å². The Kier molecular flexibility index (Phi) is 6.04. The first-order valence-corrected chi connectivity index (χ1v) is 8.09. The lowest BCUT2D eigenvalue weighted by Gasteiger charge is -2.14.